The van der Waals surface area contributed by atoms with Crippen molar-refractivity contribution in [2.75, 3.05) is 19.6 Å². The lowest BCUT2D eigenvalue weighted by Gasteiger charge is -2.20. The van der Waals surface area contributed by atoms with E-state index in [0.717, 1.165) is 30.8 Å². The van der Waals surface area contributed by atoms with Gasteiger partial charge in [-0.05, 0) is 42.6 Å². The van der Waals surface area contributed by atoms with Crippen LogP contribution in [-0.2, 0) is 11.2 Å². The van der Waals surface area contributed by atoms with Gasteiger partial charge in [0.05, 0.1) is 0 Å². The zero-order valence-electron chi connectivity index (χ0n) is 10.6. The molecule has 0 aliphatic carbocycles. The molecule has 2 aliphatic rings. The van der Waals surface area contributed by atoms with Crippen molar-refractivity contribution < 1.29 is 9.53 Å². The van der Waals surface area contributed by atoms with Crippen molar-refractivity contribution in [1.82, 2.24) is 4.90 Å². The molecule has 2 N–H and O–H groups in total. The molecule has 1 fully saturated rings. The fourth-order valence-electron chi connectivity index (χ4n) is 2.78. The average molecular weight is 281 g/mol. The molecular weight excluding hydrogens is 264 g/mol. The molecule has 19 heavy (non-hydrogen) atoms. The molecule has 1 aromatic carbocycles. The number of carbonyl (C=O) groups is 1. The number of amides is 1. The predicted octanol–water partition coefficient (Wildman–Crippen LogP) is 1.45. The number of ether oxygens (including phenoxy) is 1. The normalized spacial score (nSPS) is 25.3. The number of fused-ring (bicyclic) bond motifs is 1. The van der Waals surface area contributed by atoms with Crippen LogP contribution in [-0.4, -0.2) is 36.5 Å². The van der Waals surface area contributed by atoms with Gasteiger partial charge in [0.2, 0.25) is 0 Å². The van der Waals surface area contributed by atoms with Crippen LogP contribution in [0.3, 0.4) is 0 Å². The Balaban J connectivity index is 1.68. The summed E-state index contributed by atoms with van der Waals surface area (Å²) in [6.45, 7) is 2.19. The second kappa shape index (κ2) is 5.02. The van der Waals surface area contributed by atoms with Crippen LogP contribution in [0.5, 0.6) is 5.75 Å². The third-order valence-corrected chi connectivity index (χ3v) is 4.14. The summed E-state index contributed by atoms with van der Waals surface area (Å²) < 4.78 is 5.72. The maximum atomic E-state index is 12.4. The Kier molecular flexibility index (Phi) is 3.37. The number of hydrogen-bond acceptors (Lipinski definition) is 3. The first-order valence-corrected chi connectivity index (χ1v) is 6.99. The standard InChI is InChI=1S/C14H17ClN2O2/c15-11-1-2-12-10(5-11)6-13(19-12)14(18)17-4-3-9(7-16)8-17/h1-2,5,9,13H,3-4,6-8,16H2/t9-,13-/m0/s1. The minimum Gasteiger partial charge on any atom is -0.480 e. The molecule has 0 bridgehead atoms. The van der Waals surface area contributed by atoms with Gasteiger partial charge in [-0.2, -0.15) is 0 Å². The molecule has 0 saturated carbocycles. The van der Waals surface area contributed by atoms with Crippen molar-refractivity contribution in [3.8, 4) is 5.75 Å². The third-order valence-electron chi connectivity index (χ3n) is 3.90. The lowest BCUT2D eigenvalue weighted by molar-refractivity contribution is -0.136. The number of likely N-dealkylation sites (tertiary alicyclic amines) is 1. The highest BCUT2D eigenvalue weighted by molar-refractivity contribution is 6.30. The molecule has 5 heteroatoms. The molecule has 3 rings (SSSR count). The second-order valence-electron chi connectivity index (χ2n) is 5.24. The molecule has 4 nitrogen and oxygen atoms in total. The minimum absolute atomic E-state index is 0.0725. The Hall–Kier alpha value is -1.26. The van der Waals surface area contributed by atoms with Crippen molar-refractivity contribution in [3.63, 3.8) is 0 Å². The zero-order chi connectivity index (χ0) is 13.4. The predicted molar refractivity (Wildman–Crippen MR) is 73.3 cm³/mol. The summed E-state index contributed by atoms with van der Waals surface area (Å²) in [5.74, 6) is 1.28. The maximum absolute atomic E-state index is 12.4. The molecular formula is C14H17ClN2O2. The highest BCUT2D eigenvalue weighted by Gasteiger charge is 2.35. The fourth-order valence-corrected chi connectivity index (χ4v) is 2.98. The van der Waals surface area contributed by atoms with Crippen LogP contribution in [0.25, 0.3) is 0 Å². The largest absolute Gasteiger partial charge is 0.480 e. The average Bonchev–Trinajstić information content (AvgIpc) is 3.03. The van der Waals surface area contributed by atoms with Gasteiger partial charge in [0.1, 0.15) is 5.75 Å². The lowest BCUT2D eigenvalue weighted by Crippen LogP contribution is -2.40. The third kappa shape index (κ3) is 2.42. The summed E-state index contributed by atoms with van der Waals surface area (Å²) in [7, 11) is 0. The van der Waals surface area contributed by atoms with Gasteiger partial charge in [-0.15, -0.1) is 0 Å². The molecule has 0 spiro atoms. The number of benzene rings is 1. The van der Waals surface area contributed by atoms with Gasteiger partial charge in [0, 0.05) is 24.5 Å². The van der Waals surface area contributed by atoms with E-state index in [2.05, 4.69) is 0 Å². The Morgan fingerprint density at radius 2 is 2.37 bits per heavy atom. The van der Waals surface area contributed by atoms with Gasteiger partial charge in [-0.25, -0.2) is 0 Å². The quantitative estimate of drug-likeness (QED) is 0.892. The van der Waals surface area contributed by atoms with Crippen LogP contribution >= 0.6 is 11.6 Å². The summed E-state index contributed by atoms with van der Waals surface area (Å²) in [6.07, 6.45) is 1.21. The Morgan fingerprint density at radius 1 is 1.53 bits per heavy atom. The molecule has 1 amide bonds. The van der Waals surface area contributed by atoms with Crippen molar-refractivity contribution in [3.05, 3.63) is 28.8 Å². The highest BCUT2D eigenvalue weighted by atomic mass is 35.5. The number of halogens is 1. The van der Waals surface area contributed by atoms with Gasteiger partial charge in [-0.1, -0.05) is 11.6 Å². The molecule has 0 unspecified atom stereocenters. The smallest absolute Gasteiger partial charge is 0.264 e. The van der Waals surface area contributed by atoms with Crippen LogP contribution in [0.2, 0.25) is 5.02 Å². The molecule has 2 atom stereocenters. The van der Waals surface area contributed by atoms with Gasteiger partial charge in [0.25, 0.3) is 5.91 Å². The number of nitrogens with zero attached hydrogens (tertiary/aromatic N) is 1. The van der Waals surface area contributed by atoms with Gasteiger partial charge >= 0.3 is 0 Å². The van der Waals surface area contributed by atoms with Crippen molar-refractivity contribution in [2.45, 2.75) is 18.9 Å². The molecule has 1 saturated heterocycles. The van der Waals surface area contributed by atoms with E-state index < -0.39 is 6.10 Å². The van der Waals surface area contributed by atoms with Crippen molar-refractivity contribution in [1.29, 1.82) is 0 Å². The van der Waals surface area contributed by atoms with Crippen molar-refractivity contribution >= 4 is 17.5 Å². The first-order chi connectivity index (χ1) is 9.17. The van der Waals surface area contributed by atoms with Crippen LogP contribution in [0.15, 0.2) is 18.2 Å². The summed E-state index contributed by atoms with van der Waals surface area (Å²) >= 11 is 5.95. The summed E-state index contributed by atoms with van der Waals surface area (Å²) in [5, 5.41) is 0.680. The Morgan fingerprint density at radius 3 is 3.11 bits per heavy atom. The maximum Gasteiger partial charge on any atom is 0.264 e. The molecule has 0 aromatic heterocycles. The van der Waals surface area contributed by atoms with Crippen LogP contribution in [0.1, 0.15) is 12.0 Å². The number of hydrogen-bond donors (Lipinski definition) is 1. The van der Waals surface area contributed by atoms with Gasteiger partial charge < -0.3 is 15.4 Å². The van der Waals surface area contributed by atoms with Gasteiger partial charge in [-0.3, -0.25) is 4.79 Å². The minimum atomic E-state index is -0.398. The molecule has 102 valence electrons. The Labute approximate surface area is 117 Å². The van der Waals surface area contributed by atoms with E-state index in [0.29, 0.717) is 23.9 Å². The zero-order valence-corrected chi connectivity index (χ0v) is 11.4. The summed E-state index contributed by atoms with van der Waals surface area (Å²) in [6, 6.07) is 5.49. The molecule has 2 aliphatic heterocycles. The first-order valence-electron chi connectivity index (χ1n) is 6.61. The van der Waals surface area contributed by atoms with E-state index >= 15 is 0 Å². The van der Waals surface area contributed by atoms with E-state index in [4.69, 9.17) is 22.1 Å². The van der Waals surface area contributed by atoms with E-state index in [1.165, 1.54) is 0 Å². The van der Waals surface area contributed by atoms with E-state index in [-0.39, 0.29) is 5.91 Å². The topological polar surface area (TPSA) is 55.6 Å². The molecule has 2 heterocycles. The van der Waals surface area contributed by atoms with Crippen LogP contribution in [0, 0.1) is 5.92 Å². The Bertz CT molecular complexity index is 506. The van der Waals surface area contributed by atoms with Crippen molar-refractivity contribution in [2.24, 2.45) is 11.7 Å². The highest BCUT2D eigenvalue weighted by Crippen LogP contribution is 2.32. The molecule has 0 radical (unpaired) electrons. The van der Waals surface area contributed by atoms with E-state index in [1.54, 1.807) is 6.07 Å². The SMILES string of the molecule is NC[C@@H]1CCN(C(=O)[C@@H]2Cc3cc(Cl)ccc3O2)C1. The van der Waals surface area contributed by atoms with E-state index in [9.17, 15) is 4.79 Å². The fraction of sp³-hybridized carbons (Fsp3) is 0.500. The molecule has 1 aromatic rings. The van der Waals surface area contributed by atoms with E-state index in [1.807, 2.05) is 17.0 Å². The number of carbonyl (C=O) groups excluding carboxylic acids is 1. The van der Waals surface area contributed by atoms with Crippen LogP contribution < -0.4 is 10.5 Å². The van der Waals surface area contributed by atoms with Crippen LogP contribution in [0.4, 0.5) is 0 Å². The van der Waals surface area contributed by atoms with Gasteiger partial charge in [0.15, 0.2) is 6.10 Å². The monoisotopic (exact) mass is 280 g/mol. The number of nitrogens with two attached hydrogens (primary N) is 1. The first kappa shape index (κ1) is 12.8. The summed E-state index contributed by atoms with van der Waals surface area (Å²) in [5.41, 5.74) is 6.67. The number of rotatable bonds is 2. The summed E-state index contributed by atoms with van der Waals surface area (Å²) in [4.78, 5) is 14.3. The lowest BCUT2D eigenvalue weighted by atomic mass is 10.1. The second-order valence-corrected chi connectivity index (χ2v) is 5.67.